The van der Waals surface area contributed by atoms with Crippen molar-refractivity contribution in [1.29, 1.82) is 0 Å². The second kappa shape index (κ2) is 5.70. The van der Waals surface area contributed by atoms with Crippen molar-refractivity contribution in [2.75, 3.05) is 12.3 Å². The van der Waals surface area contributed by atoms with Gasteiger partial charge in [-0.2, -0.15) is 0 Å². The third-order valence-corrected chi connectivity index (χ3v) is 4.58. The fourth-order valence-electron chi connectivity index (χ4n) is 2.58. The molecule has 3 rings (SSSR count). The molecule has 0 saturated heterocycles. The van der Waals surface area contributed by atoms with Gasteiger partial charge in [0.2, 0.25) is 0 Å². The minimum absolute atomic E-state index is 0.00613. The van der Waals surface area contributed by atoms with Crippen molar-refractivity contribution in [2.24, 2.45) is 0 Å². The predicted octanol–water partition coefficient (Wildman–Crippen LogP) is 3.88. The molecule has 0 saturated carbocycles. The number of nitrogens with zero attached hydrogens (tertiary/aromatic N) is 1. The number of rotatable bonds is 1. The molecule has 1 heterocycles. The van der Waals surface area contributed by atoms with Gasteiger partial charge in [-0.15, -0.1) is 0 Å². The molecule has 1 aliphatic heterocycles. The van der Waals surface area contributed by atoms with Crippen LogP contribution in [0.1, 0.15) is 21.5 Å². The van der Waals surface area contributed by atoms with Crippen molar-refractivity contribution in [2.45, 2.75) is 13.0 Å². The number of carbonyl (C=O) groups excluding carboxylic acids is 1. The van der Waals surface area contributed by atoms with E-state index >= 15 is 0 Å². The van der Waals surface area contributed by atoms with E-state index in [0.717, 1.165) is 22.1 Å². The molecule has 0 fully saturated rings. The molecular formula is C16H14BrClN2O. The van der Waals surface area contributed by atoms with E-state index in [2.05, 4.69) is 15.9 Å². The van der Waals surface area contributed by atoms with Crippen LogP contribution in [0.3, 0.4) is 0 Å². The van der Waals surface area contributed by atoms with Crippen molar-refractivity contribution >= 4 is 39.1 Å². The second-order valence-electron chi connectivity index (χ2n) is 5.13. The summed E-state index contributed by atoms with van der Waals surface area (Å²) in [6, 6.07) is 11.1. The molecule has 2 N–H and O–H groups in total. The summed E-state index contributed by atoms with van der Waals surface area (Å²) < 4.78 is 0.721. The molecule has 1 amide bonds. The van der Waals surface area contributed by atoms with E-state index in [0.29, 0.717) is 23.7 Å². The van der Waals surface area contributed by atoms with Crippen LogP contribution in [0.25, 0.3) is 0 Å². The zero-order valence-electron chi connectivity index (χ0n) is 11.3. The van der Waals surface area contributed by atoms with Crippen molar-refractivity contribution in [3.8, 4) is 0 Å². The lowest BCUT2D eigenvalue weighted by atomic mass is 9.98. The Balaban J connectivity index is 1.87. The van der Waals surface area contributed by atoms with Gasteiger partial charge < -0.3 is 10.6 Å². The van der Waals surface area contributed by atoms with Gasteiger partial charge in [-0.05, 0) is 63.8 Å². The smallest absolute Gasteiger partial charge is 0.255 e. The Morgan fingerprint density at radius 1 is 1.19 bits per heavy atom. The minimum Gasteiger partial charge on any atom is -0.399 e. The molecule has 1 aliphatic rings. The lowest BCUT2D eigenvalue weighted by molar-refractivity contribution is 0.0734. The van der Waals surface area contributed by atoms with Crippen LogP contribution in [0.5, 0.6) is 0 Å². The molecule has 0 spiro atoms. The zero-order chi connectivity index (χ0) is 15.0. The molecule has 108 valence electrons. The molecule has 0 atom stereocenters. The average Bonchev–Trinajstić information content (AvgIpc) is 2.46. The molecule has 0 radical (unpaired) electrons. The zero-order valence-corrected chi connectivity index (χ0v) is 13.6. The summed E-state index contributed by atoms with van der Waals surface area (Å²) in [5, 5.41) is 0.607. The molecule has 0 aromatic heterocycles. The predicted molar refractivity (Wildman–Crippen MR) is 88.5 cm³/mol. The number of hydrogen-bond donors (Lipinski definition) is 1. The first kappa shape index (κ1) is 14.4. The summed E-state index contributed by atoms with van der Waals surface area (Å²) in [5.74, 6) is 0.00613. The normalized spacial score (nSPS) is 13.9. The first-order valence-corrected chi connectivity index (χ1v) is 7.83. The van der Waals surface area contributed by atoms with Gasteiger partial charge in [0.1, 0.15) is 0 Å². The maximum atomic E-state index is 12.6. The summed E-state index contributed by atoms with van der Waals surface area (Å²) in [6.45, 7) is 1.30. The maximum Gasteiger partial charge on any atom is 0.255 e. The summed E-state index contributed by atoms with van der Waals surface area (Å²) in [6.07, 6.45) is 0.854. The number of halogens is 2. The Morgan fingerprint density at radius 2 is 2.00 bits per heavy atom. The number of benzene rings is 2. The van der Waals surface area contributed by atoms with E-state index in [4.69, 9.17) is 17.3 Å². The SMILES string of the molecule is Nc1ccc2c(c1)CN(C(=O)c1ccc(Cl)cc1Br)CC2. The summed E-state index contributed by atoms with van der Waals surface area (Å²) >= 11 is 9.33. The van der Waals surface area contributed by atoms with Gasteiger partial charge in [-0.3, -0.25) is 4.79 Å². The van der Waals surface area contributed by atoms with E-state index in [1.54, 1.807) is 18.2 Å². The Bertz CT molecular complexity index is 717. The molecule has 3 nitrogen and oxygen atoms in total. The van der Waals surface area contributed by atoms with Crippen molar-refractivity contribution < 1.29 is 4.79 Å². The van der Waals surface area contributed by atoms with Gasteiger partial charge in [-0.1, -0.05) is 17.7 Å². The molecule has 0 aliphatic carbocycles. The lowest BCUT2D eigenvalue weighted by Gasteiger charge is -2.29. The Kier molecular flexibility index (Phi) is 3.91. The highest BCUT2D eigenvalue weighted by atomic mass is 79.9. The van der Waals surface area contributed by atoms with Gasteiger partial charge in [0.05, 0.1) is 5.56 Å². The standard InChI is InChI=1S/C16H14BrClN2O/c17-15-8-12(18)2-4-14(15)16(21)20-6-5-10-1-3-13(19)7-11(10)9-20/h1-4,7-8H,5-6,9,19H2. The van der Waals surface area contributed by atoms with Crippen LogP contribution in [-0.2, 0) is 13.0 Å². The van der Waals surface area contributed by atoms with E-state index in [-0.39, 0.29) is 5.91 Å². The van der Waals surface area contributed by atoms with Gasteiger partial charge in [-0.25, -0.2) is 0 Å². The first-order chi connectivity index (χ1) is 10.0. The van der Waals surface area contributed by atoms with Crippen LogP contribution in [-0.4, -0.2) is 17.4 Å². The van der Waals surface area contributed by atoms with E-state index in [1.165, 1.54) is 5.56 Å². The number of nitrogen functional groups attached to an aromatic ring is 1. The maximum absolute atomic E-state index is 12.6. The second-order valence-corrected chi connectivity index (χ2v) is 6.42. The molecule has 21 heavy (non-hydrogen) atoms. The highest BCUT2D eigenvalue weighted by Crippen LogP contribution is 2.26. The molecule has 5 heteroatoms. The summed E-state index contributed by atoms with van der Waals surface area (Å²) in [4.78, 5) is 14.5. The average molecular weight is 366 g/mol. The number of fused-ring (bicyclic) bond motifs is 1. The lowest BCUT2D eigenvalue weighted by Crippen LogP contribution is -2.36. The van der Waals surface area contributed by atoms with Crippen LogP contribution in [0.4, 0.5) is 5.69 Å². The quantitative estimate of drug-likeness (QED) is 0.780. The minimum atomic E-state index is 0.00613. The molecule has 2 aromatic carbocycles. The fraction of sp³-hybridized carbons (Fsp3) is 0.188. The number of anilines is 1. The Morgan fingerprint density at radius 3 is 2.76 bits per heavy atom. The molecule has 0 bridgehead atoms. The third-order valence-electron chi connectivity index (χ3n) is 3.69. The summed E-state index contributed by atoms with van der Waals surface area (Å²) in [5.41, 5.74) is 9.58. The summed E-state index contributed by atoms with van der Waals surface area (Å²) in [7, 11) is 0. The van der Waals surface area contributed by atoms with Gasteiger partial charge in [0.15, 0.2) is 0 Å². The number of carbonyl (C=O) groups is 1. The van der Waals surface area contributed by atoms with Gasteiger partial charge in [0, 0.05) is 28.3 Å². The largest absolute Gasteiger partial charge is 0.399 e. The third kappa shape index (κ3) is 2.92. The highest BCUT2D eigenvalue weighted by Gasteiger charge is 2.23. The number of nitrogens with two attached hydrogens (primary N) is 1. The van der Waals surface area contributed by atoms with Crippen molar-refractivity contribution in [3.05, 3.63) is 62.6 Å². The van der Waals surface area contributed by atoms with Crippen molar-refractivity contribution in [3.63, 3.8) is 0 Å². The monoisotopic (exact) mass is 364 g/mol. The van der Waals surface area contributed by atoms with E-state index in [9.17, 15) is 4.79 Å². The van der Waals surface area contributed by atoms with Crippen LogP contribution in [0.2, 0.25) is 5.02 Å². The Hall–Kier alpha value is -1.52. The number of hydrogen-bond acceptors (Lipinski definition) is 2. The van der Waals surface area contributed by atoms with Crippen molar-refractivity contribution in [1.82, 2.24) is 4.90 Å². The fourth-order valence-corrected chi connectivity index (χ4v) is 3.44. The number of amides is 1. The van der Waals surface area contributed by atoms with E-state index < -0.39 is 0 Å². The topological polar surface area (TPSA) is 46.3 Å². The van der Waals surface area contributed by atoms with Gasteiger partial charge in [0.25, 0.3) is 5.91 Å². The van der Waals surface area contributed by atoms with Crippen LogP contribution in [0, 0.1) is 0 Å². The van der Waals surface area contributed by atoms with Crippen LogP contribution < -0.4 is 5.73 Å². The Labute approximate surface area is 136 Å². The first-order valence-electron chi connectivity index (χ1n) is 6.66. The van der Waals surface area contributed by atoms with Crippen LogP contribution >= 0.6 is 27.5 Å². The highest BCUT2D eigenvalue weighted by molar-refractivity contribution is 9.10. The molecular weight excluding hydrogens is 352 g/mol. The van der Waals surface area contributed by atoms with E-state index in [1.807, 2.05) is 23.1 Å². The van der Waals surface area contributed by atoms with Gasteiger partial charge >= 0.3 is 0 Å². The van der Waals surface area contributed by atoms with Crippen LogP contribution in [0.15, 0.2) is 40.9 Å². The molecule has 0 unspecified atom stereocenters. The molecule has 2 aromatic rings.